The molecule has 0 aliphatic carbocycles. The van der Waals surface area contributed by atoms with Gasteiger partial charge in [0.25, 0.3) is 0 Å². The molecule has 0 atom stereocenters. The van der Waals surface area contributed by atoms with Gasteiger partial charge < -0.3 is 19.5 Å². The van der Waals surface area contributed by atoms with Gasteiger partial charge in [0, 0.05) is 5.56 Å². The van der Waals surface area contributed by atoms with Gasteiger partial charge in [0.2, 0.25) is 11.1 Å². The minimum atomic E-state index is -0.618. The van der Waals surface area contributed by atoms with E-state index in [4.69, 9.17) is 14.2 Å². The number of hydrogen-bond donors (Lipinski definition) is 2. The van der Waals surface area contributed by atoms with Crippen LogP contribution in [0.5, 0.6) is 5.75 Å². The molecule has 1 amide bonds. The van der Waals surface area contributed by atoms with Crippen molar-refractivity contribution in [3.05, 3.63) is 40.3 Å². The summed E-state index contributed by atoms with van der Waals surface area (Å²) in [6, 6.07) is 7.31. The molecule has 0 saturated carbocycles. The molecule has 34 heavy (non-hydrogen) atoms. The summed E-state index contributed by atoms with van der Waals surface area (Å²) in [5.74, 6) is -0.281. The van der Waals surface area contributed by atoms with Gasteiger partial charge in [-0.3, -0.25) is 9.89 Å². The Balaban J connectivity index is 1.69. The van der Waals surface area contributed by atoms with E-state index < -0.39 is 11.9 Å². The smallest absolute Gasteiger partial charge is 0.348 e. The van der Waals surface area contributed by atoms with Crippen molar-refractivity contribution in [1.29, 1.82) is 0 Å². The fourth-order valence-corrected chi connectivity index (χ4v) is 4.63. The average molecular weight is 505 g/mol. The van der Waals surface area contributed by atoms with Crippen molar-refractivity contribution >= 4 is 45.9 Å². The summed E-state index contributed by atoms with van der Waals surface area (Å²) in [5.41, 5.74) is 1.38. The number of aromatic nitrogens is 3. The summed E-state index contributed by atoms with van der Waals surface area (Å²) >= 11 is 2.11. The van der Waals surface area contributed by atoms with E-state index in [9.17, 15) is 14.4 Å². The third kappa shape index (κ3) is 5.94. The van der Waals surface area contributed by atoms with Crippen LogP contribution in [0.15, 0.2) is 29.4 Å². The second-order valence-corrected chi connectivity index (χ2v) is 8.70. The van der Waals surface area contributed by atoms with Crippen LogP contribution in [0.3, 0.4) is 0 Å². The average Bonchev–Trinajstić information content (AvgIpc) is 3.42. The van der Waals surface area contributed by atoms with Crippen LogP contribution in [-0.2, 0) is 14.3 Å². The number of methoxy groups -OCH3 is 1. The number of anilines is 1. The maximum absolute atomic E-state index is 12.6. The maximum atomic E-state index is 12.6. The van der Waals surface area contributed by atoms with Crippen LogP contribution in [0, 0.1) is 6.92 Å². The molecule has 12 heteroatoms. The van der Waals surface area contributed by atoms with Gasteiger partial charge in [0.1, 0.15) is 15.6 Å². The Morgan fingerprint density at radius 1 is 1.09 bits per heavy atom. The van der Waals surface area contributed by atoms with Crippen LogP contribution < -0.4 is 10.1 Å². The Morgan fingerprint density at radius 3 is 2.41 bits per heavy atom. The molecule has 2 aromatic heterocycles. The normalized spacial score (nSPS) is 10.6. The van der Waals surface area contributed by atoms with E-state index in [1.165, 1.54) is 0 Å². The van der Waals surface area contributed by atoms with E-state index in [0.29, 0.717) is 16.5 Å². The highest BCUT2D eigenvalue weighted by molar-refractivity contribution is 7.99. The minimum absolute atomic E-state index is 0.00609. The quantitative estimate of drug-likeness (QED) is 0.311. The predicted molar refractivity (Wildman–Crippen MR) is 129 cm³/mol. The van der Waals surface area contributed by atoms with Crippen LogP contribution in [0.2, 0.25) is 0 Å². The zero-order valence-electron chi connectivity index (χ0n) is 19.1. The number of thioether (sulfide) groups is 1. The first-order valence-electron chi connectivity index (χ1n) is 10.3. The highest BCUT2D eigenvalue weighted by atomic mass is 32.2. The minimum Gasteiger partial charge on any atom is -0.497 e. The van der Waals surface area contributed by atoms with Crippen LogP contribution >= 0.6 is 23.1 Å². The van der Waals surface area contributed by atoms with Crippen molar-refractivity contribution in [2.24, 2.45) is 0 Å². The first kappa shape index (κ1) is 25.2. The fourth-order valence-electron chi connectivity index (χ4n) is 2.92. The fraction of sp³-hybridized carbons (Fsp3) is 0.318. The molecule has 0 aliphatic rings. The molecule has 0 saturated heterocycles. The lowest BCUT2D eigenvalue weighted by atomic mass is 10.1. The number of ether oxygens (including phenoxy) is 3. The van der Waals surface area contributed by atoms with E-state index in [-0.39, 0.29) is 40.3 Å². The molecule has 0 aliphatic heterocycles. The van der Waals surface area contributed by atoms with Crippen molar-refractivity contribution in [2.75, 3.05) is 31.4 Å². The molecule has 0 unspecified atom stereocenters. The summed E-state index contributed by atoms with van der Waals surface area (Å²) in [7, 11) is 1.59. The number of carbonyl (C=O) groups excluding carboxylic acids is 3. The number of nitrogens with one attached hydrogen (secondary N) is 2. The SMILES string of the molecule is CCOC(=O)c1sc(NC(=O)CSc2n[nH]c(-c3ccc(OC)cc3)n2)c(C(=O)OCC)c1C. The van der Waals surface area contributed by atoms with E-state index in [1.54, 1.807) is 27.9 Å². The third-order valence-corrected chi connectivity index (χ3v) is 6.54. The lowest BCUT2D eigenvalue weighted by Gasteiger charge is -2.06. The van der Waals surface area contributed by atoms with Gasteiger partial charge in [-0.2, -0.15) is 0 Å². The summed E-state index contributed by atoms with van der Waals surface area (Å²) in [4.78, 5) is 42.0. The van der Waals surface area contributed by atoms with Gasteiger partial charge in [0.15, 0.2) is 5.82 Å². The van der Waals surface area contributed by atoms with Crippen molar-refractivity contribution in [1.82, 2.24) is 15.2 Å². The summed E-state index contributed by atoms with van der Waals surface area (Å²) in [6.07, 6.45) is 0. The number of benzene rings is 1. The summed E-state index contributed by atoms with van der Waals surface area (Å²) in [6.45, 7) is 5.34. The largest absolute Gasteiger partial charge is 0.497 e. The molecule has 0 spiro atoms. The number of esters is 2. The van der Waals surface area contributed by atoms with E-state index in [1.807, 2.05) is 24.3 Å². The second-order valence-electron chi connectivity index (χ2n) is 6.73. The number of nitrogens with zero attached hydrogens (tertiary/aromatic N) is 2. The van der Waals surface area contributed by atoms with E-state index in [0.717, 1.165) is 34.4 Å². The lowest BCUT2D eigenvalue weighted by Crippen LogP contribution is -2.16. The highest BCUT2D eigenvalue weighted by Gasteiger charge is 2.27. The predicted octanol–water partition coefficient (Wildman–Crippen LogP) is 3.93. The number of amides is 1. The van der Waals surface area contributed by atoms with E-state index in [2.05, 4.69) is 20.5 Å². The monoisotopic (exact) mass is 504 g/mol. The van der Waals surface area contributed by atoms with Crippen LogP contribution in [0.4, 0.5) is 5.00 Å². The first-order valence-corrected chi connectivity index (χ1v) is 12.1. The molecule has 0 radical (unpaired) electrons. The number of carbonyl (C=O) groups is 3. The Bertz CT molecular complexity index is 1170. The highest BCUT2D eigenvalue weighted by Crippen LogP contribution is 2.34. The molecule has 0 fully saturated rings. The van der Waals surface area contributed by atoms with Gasteiger partial charge in [-0.25, -0.2) is 14.6 Å². The number of H-pyrrole nitrogens is 1. The van der Waals surface area contributed by atoms with Gasteiger partial charge in [-0.15, -0.1) is 16.4 Å². The van der Waals surface area contributed by atoms with Crippen molar-refractivity contribution < 1.29 is 28.6 Å². The molecule has 2 heterocycles. The van der Waals surface area contributed by atoms with Gasteiger partial charge in [-0.1, -0.05) is 11.8 Å². The summed E-state index contributed by atoms with van der Waals surface area (Å²) in [5, 5.41) is 10.3. The number of aromatic amines is 1. The zero-order valence-corrected chi connectivity index (χ0v) is 20.7. The lowest BCUT2D eigenvalue weighted by molar-refractivity contribution is -0.113. The Hall–Kier alpha value is -3.38. The number of hydrogen-bond acceptors (Lipinski definition) is 10. The zero-order chi connectivity index (χ0) is 24.7. The molecule has 1 aromatic carbocycles. The second kappa shape index (κ2) is 11.7. The molecule has 3 aromatic rings. The maximum Gasteiger partial charge on any atom is 0.348 e. The van der Waals surface area contributed by atoms with Crippen molar-refractivity contribution in [2.45, 2.75) is 25.9 Å². The molecule has 2 N–H and O–H groups in total. The van der Waals surface area contributed by atoms with Gasteiger partial charge in [0.05, 0.1) is 31.6 Å². The standard InChI is InChI=1S/C22H24N4O6S2/c1-5-31-20(28)16-12(3)17(21(29)32-6-2)34-19(16)23-15(27)11-33-22-24-18(25-26-22)13-7-9-14(30-4)10-8-13/h7-10H,5-6,11H2,1-4H3,(H,23,27)(H,24,25,26). The molecule has 180 valence electrons. The first-order chi connectivity index (χ1) is 16.4. The molecular weight excluding hydrogens is 480 g/mol. The molecule has 0 bridgehead atoms. The third-order valence-electron chi connectivity index (χ3n) is 4.50. The van der Waals surface area contributed by atoms with Crippen molar-refractivity contribution in [3.63, 3.8) is 0 Å². The molecule has 10 nitrogen and oxygen atoms in total. The number of thiophene rings is 1. The molecule has 3 rings (SSSR count). The topological polar surface area (TPSA) is 132 Å². The number of rotatable bonds is 10. The van der Waals surface area contributed by atoms with Crippen LogP contribution in [0.1, 0.15) is 39.4 Å². The van der Waals surface area contributed by atoms with E-state index >= 15 is 0 Å². The van der Waals surface area contributed by atoms with Crippen molar-refractivity contribution in [3.8, 4) is 17.1 Å². The molecular formula is C22H24N4O6S2. The van der Waals surface area contributed by atoms with Gasteiger partial charge >= 0.3 is 11.9 Å². The Morgan fingerprint density at radius 2 is 1.76 bits per heavy atom. The Labute approximate surface area is 204 Å². The summed E-state index contributed by atoms with van der Waals surface area (Å²) < 4.78 is 15.3. The van der Waals surface area contributed by atoms with Crippen LogP contribution in [0.25, 0.3) is 11.4 Å². The van der Waals surface area contributed by atoms with Gasteiger partial charge in [-0.05, 0) is 50.6 Å². The Kier molecular flexibility index (Phi) is 8.66. The van der Waals surface area contributed by atoms with Crippen LogP contribution in [-0.4, -0.2) is 59.1 Å².